The maximum atomic E-state index is 12.3. The van der Waals surface area contributed by atoms with Crippen LogP contribution in [0.2, 0.25) is 10.0 Å². The van der Waals surface area contributed by atoms with E-state index < -0.39 is 0 Å². The first-order valence-electron chi connectivity index (χ1n) is 6.03. The van der Waals surface area contributed by atoms with E-state index in [-0.39, 0.29) is 5.91 Å². The minimum absolute atomic E-state index is 0.320. The summed E-state index contributed by atoms with van der Waals surface area (Å²) in [6, 6.07) is 4.84. The predicted molar refractivity (Wildman–Crippen MR) is 81.5 cm³/mol. The Labute approximate surface area is 126 Å². The molecule has 0 aliphatic carbocycles. The molecule has 0 unspecified atom stereocenters. The molecule has 0 fully saturated rings. The number of halogens is 2. The molecule has 106 valence electrons. The Bertz CT molecular complexity index is 667. The first-order valence-corrected chi connectivity index (χ1v) is 6.79. The molecule has 2 aromatic rings. The first kappa shape index (κ1) is 14.7. The Hall–Kier alpha value is -1.72. The van der Waals surface area contributed by atoms with E-state index in [4.69, 9.17) is 28.9 Å². The van der Waals surface area contributed by atoms with Gasteiger partial charge in [0.15, 0.2) is 0 Å². The van der Waals surface area contributed by atoms with Gasteiger partial charge in [0.1, 0.15) is 5.69 Å². The lowest BCUT2D eigenvalue weighted by Crippen LogP contribution is -2.19. The van der Waals surface area contributed by atoms with Crippen LogP contribution in [0.4, 0.5) is 11.4 Å². The zero-order chi connectivity index (χ0) is 14.9. The van der Waals surface area contributed by atoms with Crippen LogP contribution in [-0.4, -0.2) is 15.7 Å². The topological polar surface area (TPSA) is 72.9 Å². The van der Waals surface area contributed by atoms with Gasteiger partial charge < -0.3 is 11.1 Å². The van der Waals surface area contributed by atoms with Crippen molar-refractivity contribution in [3.63, 3.8) is 0 Å². The molecule has 1 amide bonds. The predicted octanol–water partition coefficient (Wildman–Crippen LogP) is 3.35. The molecule has 0 bridgehead atoms. The zero-order valence-electron chi connectivity index (χ0n) is 11.1. The van der Waals surface area contributed by atoms with E-state index in [1.54, 1.807) is 29.8 Å². The van der Waals surface area contributed by atoms with E-state index in [9.17, 15) is 4.79 Å². The van der Waals surface area contributed by atoms with Gasteiger partial charge in [0, 0.05) is 11.6 Å². The summed E-state index contributed by atoms with van der Waals surface area (Å²) in [6.07, 6.45) is 0. The Morgan fingerprint density at radius 3 is 2.80 bits per heavy atom. The van der Waals surface area contributed by atoms with Crippen LogP contribution in [0, 0.1) is 6.92 Å². The molecule has 2 rings (SSSR count). The lowest BCUT2D eigenvalue weighted by molar-refractivity contribution is 0.101. The second-order valence-electron chi connectivity index (χ2n) is 4.24. The molecule has 7 heteroatoms. The summed E-state index contributed by atoms with van der Waals surface area (Å²) >= 11 is 11.9. The highest BCUT2D eigenvalue weighted by atomic mass is 35.5. The molecule has 0 aliphatic rings. The number of carbonyl (C=O) groups is 1. The lowest BCUT2D eigenvalue weighted by atomic mass is 10.2. The van der Waals surface area contributed by atoms with Crippen molar-refractivity contribution in [3.05, 3.63) is 39.6 Å². The van der Waals surface area contributed by atoms with E-state index in [2.05, 4.69) is 10.4 Å². The standard InChI is InChI=1S/C13H14Cl2N4O/c1-3-19-12(11(16)7(2)18-19)13(20)17-10-6-8(14)4-5-9(10)15/h4-6H,3,16H2,1-2H3,(H,17,20). The number of hydrogen-bond acceptors (Lipinski definition) is 3. The van der Waals surface area contributed by atoms with Gasteiger partial charge in [-0.25, -0.2) is 0 Å². The first-order chi connectivity index (χ1) is 9.43. The highest BCUT2D eigenvalue weighted by molar-refractivity contribution is 6.35. The lowest BCUT2D eigenvalue weighted by Gasteiger charge is -2.09. The van der Waals surface area contributed by atoms with Gasteiger partial charge in [-0.15, -0.1) is 0 Å². The number of nitrogens with zero attached hydrogens (tertiary/aromatic N) is 2. The Morgan fingerprint density at radius 2 is 2.15 bits per heavy atom. The van der Waals surface area contributed by atoms with Crippen molar-refractivity contribution in [2.75, 3.05) is 11.1 Å². The molecule has 5 nitrogen and oxygen atoms in total. The zero-order valence-corrected chi connectivity index (χ0v) is 12.6. The number of nitrogens with two attached hydrogens (primary N) is 1. The van der Waals surface area contributed by atoms with Gasteiger partial charge in [0.2, 0.25) is 0 Å². The number of rotatable bonds is 3. The second kappa shape index (κ2) is 5.73. The number of amides is 1. The van der Waals surface area contributed by atoms with E-state index in [0.29, 0.717) is 39.4 Å². The van der Waals surface area contributed by atoms with Crippen molar-refractivity contribution in [2.24, 2.45) is 0 Å². The Morgan fingerprint density at radius 1 is 1.45 bits per heavy atom. The normalized spacial score (nSPS) is 10.6. The van der Waals surface area contributed by atoms with Crippen LogP contribution in [0.5, 0.6) is 0 Å². The number of carbonyl (C=O) groups excluding carboxylic acids is 1. The summed E-state index contributed by atoms with van der Waals surface area (Å²) in [5.74, 6) is -0.367. The molecule has 0 aliphatic heterocycles. The van der Waals surface area contributed by atoms with Gasteiger partial charge in [-0.3, -0.25) is 9.48 Å². The Kier molecular flexibility index (Phi) is 4.20. The number of nitrogens with one attached hydrogen (secondary N) is 1. The van der Waals surface area contributed by atoms with Crippen molar-refractivity contribution >= 4 is 40.5 Å². The molecule has 20 heavy (non-hydrogen) atoms. The molecular weight excluding hydrogens is 299 g/mol. The van der Waals surface area contributed by atoms with Gasteiger partial charge in [0.05, 0.1) is 22.1 Å². The van der Waals surface area contributed by atoms with Crippen LogP contribution >= 0.6 is 23.2 Å². The highest BCUT2D eigenvalue weighted by Crippen LogP contribution is 2.26. The fourth-order valence-corrected chi connectivity index (χ4v) is 2.18. The van der Waals surface area contributed by atoms with Crippen molar-refractivity contribution in [1.82, 2.24) is 9.78 Å². The average molecular weight is 313 g/mol. The fourth-order valence-electron chi connectivity index (χ4n) is 1.84. The van der Waals surface area contributed by atoms with Crippen LogP contribution in [0.1, 0.15) is 23.1 Å². The van der Waals surface area contributed by atoms with Gasteiger partial charge in [0.25, 0.3) is 5.91 Å². The number of anilines is 2. The molecule has 0 radical (unpaired) electrons. The van der Waals surface area contributed by atoms with Crippen LogP contribution in [0.3, 0.4) is 0 Å². The smallest absolute Gasteiger partial charge is 0.276 e. The third-order valence-electron chi connectivity index (χ3n) is 2.86. The quantitative estimate of drug-likeness (QED) is 0.912. The number of hydrogen-bond donors (Lipinski definition) is 2. The molecule has 1 aromatic heterocycles. The van der Waals surface area contributed by atoms with E-state index in [1.165, 1.54) is 0 Å². The second-order valence-corrected chi connectivity index (χ2v) is 5.09. The van der Waals surface area contributed by atoms with Crippen LogP contribution in [0.25, 0.3) is 0 Å². The van der Waals surface area contributed by atoms with Crippen molar-refractivity contribution < 1.29 is 4.79 Å². The van der Waals surface area contributed by atoms with Crippen molar-refractivity contribution in [3.8, 4) is 0 Å². The van der Waals surface area contributed by atoms with Gasteiger partial charge in [-0.1, -0.05) is 23.2 Å². The van der Waals surface area contributed by atoms with Crippen LogP contribution in [0.15, 0.2) is 18.2 Å². The Balaban J connectivity index is 2.35. The summed E-state index contributed by atoms with van der Waals surface area (Å²) in [5.41, 5.74) is 7.64. The molecule has 1 heterocycles. The summed E-state index contributed by atoms with van der Waals surface area (Å²) < 4.78 is 1.55. The SMILES string of the molecule is CCn1nc(C)c(N)c1C(=O)Nc1cc(Cl)ccc1Cl. The minimum Gasteiger partial charge on any atom is -0.395 e. The third kappa shape index (κ3) is 2.73. The summed E-state index contributed by atoms with van der Waals surface area (Å²) in [5, 5.41) is 7.79. The number of aryl methyl sites for hydroxylation is 2. The number of nitrogen functional groups attached to an aromatic ring is 1. The highest BCUT2D eigenvalue weighted by Gasteiger charge is 2.19. The van der Waals surface area contributed by atoms with E-state index in [1.807, 2.05) is 6.92 Å². The molecule has 0 saturated carbocycles. The molecule has 0 atom stereocenters. The van der Waals surface area contributed by atoms with Crippen LogP contribution < -0.4 is 11.1 Å². The maximum absolute atomic E-state index is 12.3. The van der Waals surface area contributed by atoms with Crippen molar-refractivity contribution in [1.29, 1.82) is 0 Å². The largest absolute Gasteiger partial charge is 0.395 e. The molecule has 0 spiro atoms. The van der Waals surface area contributed by atoms with Crippen molar-refractivity contribution in [2.45, 2.75) is 20.4 Å². The molecular formula is C13H14Cl2N4O. The number of benzene rings is 1. The van der Waals surface area contributed by atoms with E-state index >= 15 is 0 Å². The minimum atomic E-state index is -0.367. The average Bonchev–Trinajstić information content (AvgIpc) is 2.69. The molecule has 3 N–H and O–H groups in total. The summed E-state index contributed by atoms with van der Waals surface area (Å²) in [4.78, 5) is 12.3. The number of aromatic nitrogens is 2. The third-order valence-corrected chi connectivity index (χ3v) is 3.43. The monoisotopic (exact) mass is 312 g/mol. The van der Waals surface area contributed by atoms with E-state index in [0.717, 1.165) is 0 Å². The van der Waals surface area contributed by atoms with Gasteiger partial charge in [-0.05, 0) is 32.0 Å². The maximum Gasteiger partial charge on any atom is 0.276 e. The fraction of sp³-hybridized carbons (Fsp3) is 0.231. The summed E-state index contributed by atoms with van der Waals surface area (Å²) in [7, 11) is 0. The van der Waals surface area contributed by atoms with Gasteiger partial charge in [-0.2, -0.15) is 5.10 Å². The summed E-state index contributed by atoms with van der Waals surface area (Å²) in [6.45, 7) is 4.18. The van der Waals surface area contributed by atoms with Gasteiger partial charge >= 0.3 is 0 Å². The molecule has 1 aromatic carbocycles. The van der Waals surface area contributed by atoms with Crippen LogP contribution in [-0.2, 0) is 6.54 Å². The molecule has 0 saturated heterocycles.